The van der Waals surface area contributed by atoms with E-state index in [-0.39, 0.29) is 11.9 Å². The number of hydrogen-bond donors (Lipinski definition) is 1. The van der Waals surface area contributed by atoms with Gasteiger partial charge in [-0.05, 0) is 30.2 Å². The molecule has 0 saturated carbocycles. The van der Waals surface area contributed by atoms with Crippen molar-refractivity contribution in [1.29, 1.82) is 0 Å². The van der Waals surface area contributed by atoms with Gasteiger partial charge in [0.2, 0.25) is 0 Å². The number of amides is 1. The fraction of sp³-hybridized carbons (Fsp3) is 0.435. The van der Waals surface area contributed by atoms with Crippen molar-refractivity contribution in [3.05, 3.63) is 64.7 Å². The summed E-state index contributed by atoms with van der Waals surface area (Å²) < 4.78 is 11.3. The molecule has 2 aromatic carbocycles. The second kappa shape index (κ2) is 11.2. The zero-order valence-electron chi connectivity index (χ0n) is 16.9. The summed E-state index contributed by atoms with van der Waals surface area (Å²) in [7, 11) is 0. The van der Waals surface area contributed by atoms with Gasteiger partial charge in [-0.25, -0.2) is 0 Å². The highest BCUT2D eigenvalue weighted by Gasteiger charge is 2.25. The third-order valence-electron chi connectivity index (χ3n) is 5.09. The van der Waals surface area contributed by atoms with Crippen molar-refractivity contribution >= 4 is 17.5 Å². The standard InChI is InChI=1S/C23H29ClN2O3/c1-2-3-14-29-22-11-7-5-9-19(22)23(27)25-17-21(26-12-15-28-16-13-26)18-8-4-6-10-20(18)24/h4-11,21H,2-3,12-17H2,1H3,(H,25,27)/t21-/m1/s1. The molecule has 6 heteroatoms. The fourth-order valence-electron chi connectivity index (χ4n) is 3.46. The molecule has 1 atom stereocenters. The van der Waals surface area contributed by atoms with Gasteiger partial charge in [0.15, 0.2) is 0 Å². The van der Waals surface area contributed by atoms with Gasteiger partial charge in [-0.3, -0.25) is 9.69 Å². The highest BCUT2D eigenvalue weighted by Crippen LogP contribution is 2.28. The molecule has 2 aromatic rings. The van der Waals surface area contributed by atoms with Gasteiger partial charge >= 0.3 is 0 Å². The third-order valence-corrected chi connectivity index (χ3v) is 5.44. The Morgan fingerprint density at radius 1 is 1.17 bits per heavy atom. The maximum Gasteiger partial charge on any atom is 0.255 e. The topological polar surface area (TPSA) is 50.8 Å². The number of unbranched alkanes of at least 4 members (excludes halogenated alkanes) is 1. The third kappa shape index (κ3) is 5.95. The number of nitrogens with one attached hydrogen (secondary N) is 1. The first kappa shape index (κ1) is 21.6. The number of morpholine rings is 1. The second-order valence-corrected chi connectivity index (χ2v) is 7.50. The molecule has 0 bridgehead atoms. The van der Waals surface area contributed by atoms with Crippen molar-refractivity contribution in [1.82, 2.24) is 10.2 Å². The van der Waals surface area contributed by atoms with Crippen molar-refractivity contribution in [2.45, 2.75) is 25.8 Å². The van der Waals surface area contributed by atoms with E-state index in [0.717, 1.165) is 31.5 Å². The van der Waals surface area contributed by atoms with Crippen LogP contribution >= 0.6 is 11.6 Å². The normalized spacial score (nSPS) is 15.7. The van der Waals surface area contributed by atoms with E-state index in [9.17, 15) is 4.79 Å². The second-order valence-electron chi connectivity index (χ2n) is 7.09. The van der Waals surface area contributed by atoms with Crippen LogP contribution in [0.3, 0.4) is 0 Å². The van der Waals surface area contributed by atoms with Crippen LogP contribution in [0.4, 0.5) is 0 Å². The highest BCUT2D eigenvalue weighted by molar-refractivity contribution is 6.31. The van der Waals surface area contributed by atoms with E-state index < -0.39 is 0 Å². The molecule has 1 heterocycles. The van der Waals surface area contributed by atoms with Gasteiger partial charge in [-0.15, -0.1) is 0 Å². The fourth-order valence-corrected chi connectivity index (χ4v) is 3.72. The number of para-hydroxylation sites is 1. The molecule has 1 N–H and O–H groups in total. The number of benzene rings is 2. The molecule has 0 radical (unpaired) electrons. The minimum absolute atomic E-state index is 0.00952. The Hall–Kier alpha value is -2.08. The average Bonchev–Trinajstić information content (AvgIpc) is 2.76. The monoisotopic (exact) mass is 416 g/mol. The van der Waals surface area contributed by atoms with E-state index in [1.807, 2.05) is 42.5 Å². The first-order chi connectivity index (χ1) is 14.2. The van der Waals surface area contributed by atoms with Crippen LogP contribution in [-0.4, -0.2) is 50.3 Å². The molecule has 1 fully saturated rings. The number of carbonyl (C=O) groups excluding carboxylic acids is 1. The van der Waals surface area contributed by atoms with Crippen LogP contribution in [0.5, 0.6) is 5.75 Å². The zero-order valence-corrected chi connectivity index (χ0v) is 17.7. The summed E-state index contributed by atoms with van der Waals surface area (Å²) in [6.07, 6.45) is 2.01. The van der Waals surface area contributed by atoms with E-state index in [4.69, 9.17) is 21.1 Å². The van der Waals surface area contributed by atoms with Crippen molar-refractivity contribution in [2.75, 3.05) is 39.5 Å². The van der Waals surface area contributed by atoms with E-state index in [1.54, 1.807) is 6.07 Å². The largest absolute Gasteiger partial charge is 0.493 e. The van der Waals surface area contributed by atoms with E-state index >= 15 is 0 Å². The summed E-state index contributed by atoms with van der Waals surface area (Å²) in [5, 5.41) is 3.80. The summed E-state index contributed by atoms with van der Waals surface area (Å²) in [6.45, 7) is 6.17. The predicted octanol–water partition coefficient (Wildman–Crippen LogP) is 4.32. The maximum absolute atomic E-state index is 12.9. The smallest absolute Gasteiger partial charge is 0.255 e. The van der Waals surface area contributed by atoms with Gasteiger partial charge in [-0.2, -0.15) is 0 Å². The predicted molar refractivity (Wildman–Crippen MR) is 116 cm³/mol. The molecule has 0 spiro atoms. The summed E-state index contributed by atoms with van der Waals surface area (Å²) in [4.78, 5) is 15.2. The summed E-state index contributed by atoms with van der Waals surface area (Å²) in [6, 6.07) is 15.2. The quantitative estimate of drug-likeness (QED) is 0.618. The van der Waals surface area contributed by atoms with Crippen molar-refractivity contribution in [2.24, 2.45) is 0 Å². The van der Waals surface area contributed by atoms with Crippen molar-refractivity contribution in [3.63, 3.8) is 0 Å². The van der Waals surface area contributed by atoms with Gasteiger partial charge in [0.25, 0.3) is 5.91 Å². The number of hydrogen-bond acceptors (Lipinski definition) is 4. The number of ether oxygens (including phenoxy) is 2. The van der Waals surface area contributed by atoms with E-state index in [2.05, 4.69) is 17.1 Å². The van der Waals surface area contributed by atoms with Gasteiger partial charge < -0.3 is 14.8 Å². The van der Waals surface area contributed by atoms with E-state index in [1.165, 1.54) is 0 Å². The van der Waals surface area contributed by atoms with Gasteiger partial charge in [0.05, 0.1) is 31.4 Å². The molecule has 1 aliphatic heterocycles. The summed E-state index contributed by atoms with van der Waals surface area (Å²) >= 11 is 6.48. The molecule has 1 aliphatic rings. The lowest BCUT2D eigenvalue weighted by Gasteiger charge is -2.35. The first-order valence-electron chi connectivity index (χ1n) is 10.3. The van der Waals surface area contributed by atoms with Crippen molar-refractivity contribution in [3.8, 4) is 5.75 Å². The van der Waals surface area contributed by atoms with Gasteiger partial charge in [-0.1, -0.05) is 55.3 Å². The molecule has 3 rings (SSSR count). The summed E-state index contributed by atoms with van der Waals surface area (Å²) in [5.74, 6) is 0.488. The number of nitrogens with zero attached hydrogens (tertiary/aromatic N) is 1. The maximum atomic E-state index is 12.9. The Morgan fingerprint density at radius 3 is 2.66 bits per heavy atom. The van der Waals surface area contributed by atoms with Crippen LogP contribution in [0.1, 0.15) is 41.7 Å². The zero-order chi connectivity index (χ0) is 20.5. The number of carbonyl (C=O) groups is 1. The molecule has 1 amide bonds. The Labute approximate surface area is 177 Å². The molecule has 1 saturated heterocycles. The highest BCUT2D eigenvalue weighted by atomic mass is 35.5. The van der Waals surface area contributed by atoms with Crippen LogP contribution in [0.15, 0.2) is 48.5 Å². The van der Waals surface area contributed by atoms with Crippen LogP contribution in [0.2, 0.25) is 5.02 Å². The Bertz CT molecular complexity index is 793. The lowest BCUT2D eigenvalue weighted by Crippen LogP contribution is -2.44. The molecule has 29 heavy (non-hydrogen) atoms. The Balaban J connectivity index is 1.72. The average molecular weight is 417 g/mol. The molecule has 5 nitrogen and oxygen atoms in total. The Kier molecular flexibility index (Phi) is 8.35. The number of halogens is 1. The minimum atomic E-state index is -0.137. The minimum Gasteiger partial charge on any atom is -0.493 e. The summed E-state index contributed by atoms with van der Waals surface area (Å²) in [5.41, 5.74) is 1.58. The van der Waals surface area contributed by atoms with Crippen LogP contribution < -0.4 is 10.1 Å². The lowest BCUT2D eigenvalue weighted by atomic mass is 10.0. The van der Waals surface area contributed by atoms with E-state index in [0.29, 0.717) is 42.7 Å². The molecule has 0 aliphatic carbocycles. The first-order valence-corrected chi connectivity index (χ1v) is 10.6. The number of rotatable bonds is 9. The van der Waals surface area contributed by atoms with Gasteiger partial charge in [0, 0.05) is 24.7 Å². The molecular weight excluding hydrogens is 388 g/mol. The Morgan fingerprint density at radius 2 is 1.90 bits per heavy atom. The molecule has 0 aromatic heterocycles. The van der Waals surface area contributed by atoms with Crippen LogP contribution in [0.25, 0.3) is 0 Å². The van der Waals surface area contributed by atoms with Crippen molar-refractivity contribution < 1.29 is 14.3 Å². The lowest BCUT2D eigenvalue weighted by molar-refractivity contribution is 0.0162. The van der Waals surface area contributed by atoms with Crippen LogP contribution in [-0.2, 0) is 4.74 Å². The van der Waals surface area contributed by atoms with Gasteiger partial charge in [0.1, 0.15) is 5.75 Å². The molecule has 0 unspecified atom stereocenters. The molecular formula is C23H29ClN2O3. The van der Waals surface area contributed by atoms with Crippen LogP contribution in [0, 0.1) is 0 Å². The molecule has 156 valence electrons. The SMILES string of the molecule is CCCCOc1ccccc1C(=O)NC[C@H](c1ccccc1Cl)N1CCOCC1.